The lowest BCUT2D eigenvalue weighted by molar-refractivity contribution is -0.134. The van der Waals surface area contributed by atoms with E-state index in [1.54, 1.807) is 19.1 Å². The Morgan fingerprint density at radius 1 is 1.04 bits per heavy atom. The van der Waals surface area contributed by atoms with Crippen molar-refractivity contribution in [1.29, 1.82) is 0 Å². The van der Waals surface area contributed by atoms with Crippen LogP contribution in [0.4, 0.5) is 0 Å². The molecule has 1 amide bonds. The van der Waals surface area contributed by atoms with Gasteiger partial charge in [0.1, 0.15) is 0 Å². The zero-order valence-electron chi connectivity index (χ0n) is 15.1. The Morgan fingerprint density at radius 2 is 1.56 bits per heavy atom. The predicted molar refractivity (Wildman–Crippen MR) is 95.1 cm³/mol. The second-order valence-electron chi connectivity index (χ2n) is 8.60. The molecule has 0 aromatic heterocycles. The molecule has 0 radical (unpaired) electrons. The van der Waals surface area contributed by atoms with Crippen LogP contribution in [0.1, 0.15) is 61.4 Å². The molecule has 0 saturated heterocycles. The molecule has 1 aromatic rings. The minimum atomic E-state index is -0.762. The van der Waals surface area contributed by atoms with E-state index < -0.39 is 12.1 Å². The maximum absolute atomic E-state index is 12.7. The third-order valence-electron chi connectivity index (χ3n) is 6.37. The molecule has 4 saturated carbocycles. The van der Waals surface area contributed by atoms with E-state index in [1.165, 1.54) is 19.3 Å². The van der Waals surface area contributed by atoms with Crippen molar-refractivity contribution in [3.05, 3.63) is 35.4 Å². The molecule has 1 aromatic carbocycles. The second-order valence-corrected chi connectivity index (χ2v) is 8.60. The molecule has 0 spiro atoms. The van der Waals surface area contributed by atoms with Crippen LogP contribution in [0.15, 0.2) is 24.3 Å². The lowest BCUT2D eigenvalue weighted by atomic mass is 9.53. The topological polar surface area (TPSA) is 55.4 Å². The molecule has 1 N–H and O–H groups in total. The number of carbonyl (C=O) groups is 2. The summed E-state index contributed by atoms with van der Waals surface area (Å²) in [4.78, 5) is 24.9. The molecule has 5 rings (SSSR count). The van der Waals surface area contributed by atoms with Crippen LogP contribution in [0, 0.1) is 24.7 Å². The number of nitrogens with one attached hydrogen (secondary N) is 1. The summed E-state index contributed by atoms with van der Waals surface area (Å²) < 4.78 is 5.40. The van der Waals surface area contributed by atoms with Gasteiger partial charge in [-0.1, -0.05) is 17.7 Å². The zero-order valence-corrected chi connectivity index (χ0v) is 15.1. The van der Waals surface area contributed by atoms with Gasteiger partial charge in [-0.2, -0.15) is 0 Å². The normalized spacial score (nSPS) is 33.8. The summed E-state index contributed by atoms with van der Waals surface area (Å²) in [6.07, 6.45) is 6.56. The number of aryl methyl sites for hydroxylation is 1. The highest BCUT2D eigenvalue weighted by atomic mass is 16.5. The molecule has 4 fully saturated rings. The molecule has 4 aliphatic rings. The van der Waals surface area contributed by atoms with Crippen molar-refractivity contribution in [2.75, 3.05) is 0 Å². The molecule has 4 heteroatoms. The number of carbonyl (C=O) groups excluding carboxylic acids is 2. The minimum Gasteiger partial charge on any atom is -0.449 e. The Kier molecular flexibility index (Phi) is 4.09. The van der Waals surface area contributed by atoms with E-state index in [0.717, 1.165) is 42.6 Å². The number of rotatable bonds is 4. The van der Waals surface area contributed by atoms with Gasteiger partial charge in [0.15, 0.2) is 6.10 Å². The first-order valence-electron chi connectivity index (χ1n) is 9.52. The molecule has 4 aliphatic carbocycles. The average Bonchev–Trinajstić information content (AvgIpc) is 2.53. The van der Waals surface area contributed by atoms with Crippen molar-refractivity contribution < 1.29 is 14.3 Å². The Bertz CT molecular complexity index is 644. The van der Waals surface area contributed by atoms with Crippen LogP contribution >= 0.6 is 0 Å². The quantitative estimate of drug-likeness (QED) is 0.851. The van der Waals surface area contributed by atoms with Crippen LogP contribution in [0.25, 0.3) is 0 Å². The van der Waals surface area contributed by atoms with Crippen molar-refractivity contribution in [1.82, 2.24) is 5.32 Å². The van der Waals surface area contributed by atoms with Crippen molar-refractivity contribution in [3.8, 4) is 0 Å². The van der Waals surface area contributed by atoms with Gasteiger partial charge in [0.05, 0.1) is 5.56 Å². The van der Waals surface area contributed by atoms with Crippen LogP contribution in [0.2, 0.25) is 0 Å². The summed E-state index contributed by atoms with van der Waals surface area (Å²) in [5.74, 6) is 1.74. The molecule has 25 heavy (non-hydrogen) atoms. The monoisotopic (exact) mass is 341 g/mol. The van der Waals surface area contributed by atoms with E-state index in [0.29, 0.717) is 5.56 Å². The molecule has 4 bridgehead atoms. The molecule has 134 valence electrons. The predicted octanol–water partition coefficient (Wildman–Crippen LogP) is 3.63. The van der Waals surface area contributed by atoms with E-state index in [2.05, 4.69) is 5.32 Å². The van der Waals surface area contributed by atoms with Crippen LogP contribution in [-0.4, -0.2) is 23.5 Å². The molecule has 0 unspecified atom stereocenters. The van der Waals surface area contributed by atoms with Gasteiger partial charge in [0.2, 0.25) is 0 Å². The van der Waals surface area contributed by atoms with Gasteiger partial charge in [-0.15, -0.1) is 0 Å². The van der Waals surface area contributed by atoms with E-state index in [9.17, 15) is 9.59 Å². The number of esters is 1. The fourth-order valence-corrected chi connectivity index (χ4v) is 5.60. The van der Waals surface area contributed by atoms with Gasteiger partial charge >= 0.3 is 5.97 Å². The summed E-state index contributed by atoms with van der Waals surface area (Å²) in [7, 11) is 0. The Hall–Kier alpha value is -1.84. The van der Waals surface area contributed by atoms with Gasteiger partial charge in [-0.05, 0) is 82.3 Å². The maximum Gasteiger partial charge on any atom is 0.338 e. The SMILES string of the molecule is Cc1ccc(C(=O)O[C@H](C)C(=O)NC23CC4CC(CC(C4)C2)C3)cc1. The van der Waals surface area contributed by atoms with E-state index in [1.807, 2.05) is 19.1 Å². The Morgan fingerprint density at radius 3 is 2.08 bits per heavy atom. The highest BCUT2D eigenvalue weighted by Crippen LogP contribution is 2.55. The van der Waals surface area contributed by atoms with Crippen molar-refractivity contribution in [2.24, 2.45) is 17.8 Å². The molecule has 0 heterocycles. The Labute approximate surface area is 149 Å². The highest BCUT2D eigenvalue weighted by Gasteiger charge is 2.51. The van der Waals surface area contributed by atoms with Gasteiger partial charge in [-0.3, -0.25) is 4.79 Å². The smallest absolute Gasteiger partial charge is 0.338 e. The van der Waals surface area contributed by atoms with Crippen LogP contribution in [-0.2, 0) is 9.53 Å². The third-order valence-corrected chi connectivity index (χ3v) is 6.37. The summed E-state index contributed by atoms with van der Waals surface area (Å²) in [5, 5.41) is 3.27. The number of ether oxygens (including phenoxy) is 1. The van der Waals surface area contributed by atoms with E-state index in [4.69, 9.17) is 4.74 Å². The number of hydrogen-bond donors (Lipinski definition) is 1. The summed E-state index contributed by atoms with van der Waals surface area (Å²) in [6.45, 7) is 3.64. The highest BCUT2D eigenvalue weighted by molar-refractivity contribution is 5.92. The largest absolute Gasteiger partial charge is 0.449 e. The first-order valence-corrected chi connectivity index (χ1v) is 9.52. The van der Waals surface area contributed by atoms with Gasteiger partial charge in [0.25, 0.3) is 5.91 Å². The maximum atomic E-state index is 12.7. The third kappa shape index (κ3) is 3.31. The number of amides is 1. The molecule has 0 aliphatic heterocycles. The lowest BCUT2D eigenvalue weighted by Gasteiger charge is -2.57. The minimum absolute atomic E-state index is 0.0453. The van der Waals surface area contributed by atoms with Crippen molar-refractivity contribution in [3.63, 3.8) is 0 Å². The summed E-state index contributed by atoms with van der Waals surface area (Å²) in [6, 6.07) is 7.22. The van der Waals surface area contributed by atoms with Crippen LogP contribution < -0.4 is 5.32 Å². The lowest BCUT2D eigenvalue weighted by Crippen LogP contribution is -2.61. The van der Waals surface area contributed by atoms with Gasteiger partial charge in [-0.25, -0.2) is 4.79 Å². The van der Waals surface area contributed by atoms with E-state index >= 15 is 0 Å². The molecule has 1 atom stereocenters. The van der Waals surface area contributed by atoms with Crippen LogP contribution in [0.3, 0.4) is 0 Å². The van der Waals surface area contributed by atoms with Gasteiger partial charge < -0.3 is 10.1 Å². The van der Waals surface area contributed by atoms with Crippen molar-refractivity contribution >= 4 is 11.9 Å². The van der Waals surface area contributed by atoms with Crippen LogP contribution in [0.5, 0.6) is 0 Å². The number of hydrogen-bond acceptors (Lipinski definition) is 3. The Balaban J connectivity index is 1.38. The fourth-order valence-electron chi connectivity index (χ4n) is 5.60. The first kappa shape index (κ1) is 16.6. The molecular weight excluding hydrogens is 314 g/mol. The second kappa shape index (κ2) is 6.15. The average molecular weight is 341 g/mol. The molecule has 4 nitrogen and oxygen atoms in total. The van der Waals surface area contributed by atoms with Crippen molar-refractivity contribution in [2.45, 2.75) is 64.0 Å². The summed E-state index contributed by atoms with van der Waals surface area (Å²) >= 11 is 0. The number of benzene rings is 1. The van der Waals surface area contributed by atoms with Gasteiger partial charge in [0, 0.05) is 5.54 Å². The molecular formula is C21H27NO3. The zero-order chi connectivity index (χ0) is 17.6. The summed E-state index contributed by atoms with van der Waals surface area (Å²) in [5.41, 5.74) is 1.53. The first-order chi connectivity index (χ1) is 11.9. The van der Waals surface area contributed by atoms with E-state index in [-0.39, 0.29) is 11.4 Å². The standard InChI is InChI=1S/C21H27NO3/c1-13-3-5-18(6-4-13)20(24)25-14(2)19(23)22-21-10-15-7-16(11-21)9-17(8-15)12-21/h3-6,14-17H,7-12H2,1-2H3,(H,22,23)/t14-,15?,16?,17?,21?/m1/s1. The fraction of sp³-hybridized carbons (Fsp3) is 0.619.